The molecule has 0 aromatic carbocycles. The Kier molecular flexibility index (Phi) is 4.05. The number of thioether (sulfide) groups is 1. The van der Waals surface area contributed by atoms with Gasteiger partial charge in [-0.1, -0.05) is 11.8 Å². The molecule has 1 amide bonds. The largest absolute Gasteiger partial charge is 0.437 e. The van der Waals surface area contributed by atoms with E-state index in [0.29, 0.717) is 10.1 Å². The average Bonchev–Trinajstić information content (AvgIpc) is 2.94. The fraction of sp³-hybridized carbons (Fsp3) is 0.273. The minimum absolute atomic E-state index is 0.265. The van der Waals surface area contributed by atoms with E-state index in [2.05, 4.69) is 10.4 Å². The van der Waals surface area contributed by atoms with Crippen molar-refractivity contribution in [3.8, 4) is 0 Å². The van der Waals surface area contributed by atoms with Gasteiger partial charge < -0.3 is 4.42 Å². The van der Waals surface area contributed by atoms with Gasteiger partial charge in [-0.3, -0.25) is 10.2 Å². The fourth-order valence-electron chi connectivity index (χ4n) is 1.29. The lowest BCUT2D eigenvalue weighted by Crippen LogP contribution is -2.29. The number of amides is 1. The third-order valence-corrected chi connectivity index (χ3v) is 4.51. The molecule has 0 aliphatic rings. The minimum atomic E-state index is -0.265. The summed E-state index contributed by atoms with van der Waals surface area (Å²) in [6.45, 7) is 3.80. The van der Waals surface area contributed by atoms with Crippen LogP contribution >= 0.6 is 23.1 Å². The van der Waals surface area contributed by atoms with Crippen LogP contribution in [0, 0.1) is 13.8 Å². The van der Waals surface area contributed by atoms with Crippen LogP contribution in [0.1, 0.15) is 26.0 Å². The Morgan fingerprint density at radius 3 is 2.94 bits per heavy atom. The van der Waals surface area contributed by atoms with Gasteiger partial charge in [0.25, 0.3) is 11.1 Å². The first-order valence-corrected chi connectivity index (χ1v) is 7.07. The molecule has 7 heteroatoms. The topological polar surface area (TPSA) is 81.2 Å². The van der Waals surface area contributed by atoms with Crippen LogP contribution in [0.25, 0.3) is 0 Å². The van der Waals surface area contributed by atoms with Gasteiger partial charge in [-0.2, -0.15) is 0 Å². The van der Waals surface area contributed by atoms with Gasteiger partial charge in [0.15, 0.2) is 0 Å². The Hall–Kier alpha value is -1.31. The Labute approximate surface area is 113 Å². The summed E-state index contributed by atoms with van der Waals surface area (Å²) in [4.78, 5) is 17.3. The zero-order valence-electron chi connectivity index (χ0n) is 10.0. The van der Waals surface area contributed by atoms with Crippen LogP contribution in [0.15, 0.2) is 21.8 Å². The van der Waals surface area contributed by atoms with Crippen LogP contribution in [0.3, 0.4) is 0 Å². The van der Waals surface area contributed by atoms with Crippen molar-refractivity contribution >= 4 is 29.0 Å². The second kappa shape index (κ2) is 5.55. The van der Waals surface area contributed by atoms with Crippen molar-refractivity contribution in [2.75, 3.05) is 0 Å². The number of hydrazine groups is 1. The van der Waals surface area contributed by atoms with Gasteiger partial charge in [-0.25, -0.2) is 10.8 Å². The summed E-state index contributed by atoms with van der Waals surface area (Å²) >= 11 is 2.92. The highest BCUT2D eigenvalue weighted by molar-refractivity contribution is 7.98. The average molecular weight is 283 g/mol. The lowest BCUT2D eigenvalue weighted by molar-refractivity contribution is 0.0957. The number of nitrogens with zero attached hydrogens (tertiary/aromatic N) is 1. The molecular formula is C11H13N3O2S2. The molecule has 0 aliphatic carbocycles. The van der Waals surface area contributed by atoms with Gasteiger partial charge in [0.2, 0.25) is 0 Å². The Morgan fingerprint density at radius 2 is 2.33 bits per heavy atom. The number of carbonyl (C=O) groups excluding carboxylic acids is 1. The molecule has 2 rings (SSSR count). The Balaban J connectivity index is 1.98. The summed E-state index contributed by atoms with van der Waals surface area (Å²) in [5.41, 5.74) is 3.02. The summed E-state index contributed by atoms with van der Waals surface area (Å²) in [5, 5.41) is 0.656. The maximum absolute atomic E-state index is 11.3. The van der Waals surface area contributed by atoms with E-state index in [1.54, 1.807) is 6.07 Å². The summed E-state index contributed by atoms with van der Waals surface area (Å²) in [6, 6.07) is 3.67. The van der Waals surface area contributed by atoms with E-state index in [0.717, 1.165) is 22.1 Å². The highest BCUT2D eigenvalue weighted by Gasteiger charge is 2.10. The molecule has 96 valence electrons. The second-order valence-electron chi connectivity index (χ2n) is 3.65. The van der Waals surface area contributed by atoms with Gasteiger partial charge in [0.1, 0.15) is 5.76 Å². The monoisotopic (exact) mass is 283 g/mol. The molecule has 0 atom stereocenters. The number of carbonyl (C=O) groups is 1. The van der Waals surface area contributed by atoms with E-state index in [1.165, 1.54) is 23.1 Å². The van der Waals surface area contributed by atoms with Gasteiger partial charge in [-0.05, 0) is 26.0 Å². The molecule has 0 radical (unpaired) electrons. The number of oxazole rings is 1. The molecule has 0 spiro atoms. The molecule has 18 heavy (non-hydrogen) atoms. The molecule has 0 saturated carbocycles. The fourth-order valence-corrected chi connectivity index (χ4v) is 3.15. The number of aromatic nitrogens is 1. The SMILES string of the molecule is Cc1nc(SCc2ccc(C(=O)NN)s2)oc1C. The van der Waals surface area contributed by atoms with Crippen molar-refractivity contribution < 1.29 is 9.21 Å². The number of nitrogens with two attached hydrogens (primary N) is 1. The van der Waals surface area contributed by atoms with Gasteiger partial charge in [0.05, 0.1) is 10.6 Å². The zero-order chi connectivity index (χ0) is 13.1. The lowest BCUT2D eigenvalue weighted by atomic mass is 10.4. The number of hydrogen-bond donors (Lipinski definition) is 2. The number of aryl methyl sites for hydroxylation is 2. The maximum atomic E-state index is 11.3. The van der Waals surface area contributed by atoms with E-state index in [1.807, 2.05) is 19.9 Å². The van der Waals surface area contributed by atoms with Crippen LogP contribution < -0.4 is 11.3 Å². The van der Waals surface area contributed by atoms with Crippen LogP contribution in [-0.4, -0.2) is 10.9 Å². The summed E-state index contributed by atoms with van der Waals surface area (Å²) in [7, 11) is 0. The molecule has 0 fully saturated rings. The predicted molar refractivity (Wildman–Crippen MR) is 71.5 cm³/mol. The van der Waals surface area contributed by atoms with Crippen molar-refractivity contribution in [2.24, 2.45) is 5.84 Å². The van der Waals surface area contributed by atoms with Crippen LogP contribution in [0.2, 0.25) is 0 Å². The normalized spacial score (nSPS) is 10.6. The molecule has 0 saturated heterocycles. The number of nitrogens with one attached hydrogen (secondary N) is 1. The second-order valence-corrected chi connectivity index (χ2v) is 5.74. The van der Waals surface area contributed by atoms with E-state index < -0.39 is 0 Å². The Bertz CT molecular complexity index is 543. The van der Waals surface area contributed by atoms with E-state index in [9.17, 15) is 4.79 Å². The van der Waals surface area contributed by atoms with Gasteiger partial charge in [-0.15, -0.1) is 11.3 Å². The molecule has 0 bridgehead atoms. The zero-order valence-corrected chi connectivity index (χ0v) is 11.7. The first-order chi connectivity index (χ1) is 8.60. The van der Waals surface area contributed by atoms with Crippen LogP contribution in [0.5, 0.6) is 0 Å². The molecule has 2 aromatic rings. The Morgan fingerprint density at radius 1 is 1.56 bits per heavy atom. The molecule has 3 N–H and O–H groups in total. The first-order valence-electron chi connectivity index (χ1n) is 5.26. The number of hydrogen-bond acceptors (Lipinski definition) is 6. The summed E-state index contributed by atoms with van der Waals surface area (Å²) in [6.07, 6.45) is 0. The van der Waals surface area contributed by atoms with Crippen molar-refractivity contribution in [1.82, 2.24) is 10.4 Å². The van der Waals surface area contributed by atoms with Crippen molar-refractivity contribution in [3.05, 3.63) is 33.3 Å². The third kappa shape index (κ3) is 2.92. The van der Waals surface area contributed by atoms with Gasteiger partial charge >= 0.3 is 0 Å². The van der Waals surface area contributed by atoms with Crippen molar-refractivity contribution in [2.45, 2.75) is 24.8 Å². The standard InChI is InChI=1S/C11H13N3O2S2/c1-6-7(2)16-11(13-6)17-5-8-3-4-9(18-8)10(15)14-12/h3-4H,5,12H2,1-2H3,(H,14,15). The van der Waals surface area contributed by atoms with Crippen LogP contribution in [-0.2, 0) is 5.75 Å². The van der Waals surface area contributed by atoms with Crippen molar-refractivity contribution in [1.29, 1.82) is 0 Å². The lowest BCUT2D eigenvalue weighted by Gasteiger charge is -1.94. The van der Waals surface area contributed by atoms with E-state index >= 15 is 0 Å². The number of rotatable bonds is 4. The maximum Gasteiger partial charge on any atom is 0.275 e. The van der Waals surface area contributed by atoms with E-state index in [-0.39, 0.29) is 5.91 Å². The predicted octanol–water partition coefficient (Wildman–Crippen LogP) is 2.25. The minimum Gasteiger partial charge on any atom is -0.437 e. The smallest absolute Gasteiger partial charge is 0.275 e. The van der Waals surface area contributed by atoms with Gasteiger partial charge in [0, 0.05) is 10.6 Å². The highest BCUT2D eigenvalue weighted by atomic mass is 32.2. The molecule has 0 aliphatic heterocycles. The molecule has 0 unspecified atom stereocenters. The van der Waals surface area contributed by atoms with E-state index in [4.69, 9.17) is 10.3 Å². The molecular weight excluding hydrogens is 270 g/mol. The summed E-state index contributed by atoms with van der Waals surface area (Å²) < 4.78 is 5.47. The number of nitrogen functional groups attached to an aromatic ring is 1. The quantitative estimate of drug-likeness (QED) is 0.389. The molecule has 2 heterocycles. The van der Waals surface area contributed by atoms with Crippen molar-refractivity contribution in [3.63, 3.8) is 0 Å². The summed E-state index contributed by atoms with van der Waals surface area (Å²) in [5.74, 6) is 6.37. The third-order valence-electron chi connectivity index (χ3n) is 2.36. The highest BCUT2D eigenvalue weighted by Crippen LogP contribution is 2.27. The molecule has 2 aromatic heterocycles. The van der Waals surface area contributed by atoms with Crippen LogP contribution in [0.4, 0.5) is 0 Å². The number of thiophene rings is 1. The first kappa shape index (κ1) is 13.1. The molecule has 5 nitrogen and oxygen atoms in total.